The molecule has 0 radical (unpaired) electrons. The van der Waals surface area contributed by atoms with E-state index in [0.717, 1.165) is 6.07 Å². The van der Waals surface area contributed by atoms with Crippen LogP contribution in [0.25, 0.3) is 0 Å². The van der Waals surface area contributed by atoms with Gasteiger partial charge in [-0.2, -0.15) is 0 Å². The highest BCUT2D eigenvalue weighted by Gasteiger charge is 2.18. The average Bonchev–Trinajstić information content (AvgIpc) is 2.30. The van der Waals surface area contributed by atoms with Gasteiger partial charge in [0.05, 0.1) is 11.0 Å². The molecular formula is C14H20FN3O3. The van der Waals surface area contributed by atoms with Gasteiger partial charge in [0.1, 0.15) is 11.5 Å². The second-order valence-electron chi connectivity index (χ2n) is 5.85. The van der Waals surface area contributed by atoms with Crippen LogP contribution in [0.15, 0.2) is 12.1 Å². The van der Waals surface area contributed by atoms with E-state index in [-0.39, 0.29) is 35.8 Å². The molecule has 0 bridgehead atoms. The number of amides is 1. The van der Waals surface area contributed by atoms with Gasteiger partial charge in [-0.05, 0) is 39.3 Å². The summed E-state index contributed by atoms with van der Waals surface area (Å²) in [6.45, 7) is 7.36. The van der Waals surface area contributed by atoms with Gasteiger partial charge in [0.2, 0.25) is 5.91 Å². The lowest BCUT2D eigenvalue weighted by Crippen LogP contribution is -2.41. The van der Waals surface area contributed by atoms with Crippen LogP contribution in [0.2, 0.25) is 0 Å². The summed E-state index contributed by atoms with van der Waals surface area (Å²) in [4.78, 5) is 21.9. The van der Waals surface area contributed by atoms with E-state index in [1.54, 1.807) is 0 Å². The maximum absolute atomic E-state index is 13.4. The van der Waals surface area contributed by atoms with Gasteiger partial charge >= 0.3 is 0 Å². The van der Waals surface area contributed by atoms with Crippen LogP contribution in [-0.2, 0) is 4.79 Å². The highest BCUT2D eigenvalue weighted by molar-refractivity contribution is 5.77. The second-order valence-corrected chi connectivity index (χ2v) is 5.85. The predicted molar refractivity (Wildman–Crippen MR) is 78.8 cm³/mol. The predicted octanol–water partition coefficient (Wildman–Crippen LogP) is 2.76. The lowest BCUT2D eigenvalue weighted by atomic mass is 10.1. The summed E-state index contributed by atoms with van der Waals surface area (Å²) in [7, 11) is 0. The molecule has 0 aliphatic rings. The van der Waals surface area contributed by atoms with Crippen LogP contribution in [0, 0.1) is 22.9 Å². The molecule has 116 valence electrons. The number of hydrogen-bond acceptors (Lipinski definition) is 4. The minimum atomic E-state index is -0.653. The molecule has 6 nitrogen and oxygen atoms in total. The van der Waals surface area contributed by atoms with Crippen molar-refractivity contribution in [3.63, 3.8) is 0 Å². The lowest BCUT2D eigenvalue weighted by molar-refractivity contribution is -0.384. The number of nitro benzene ring substituents is 1. The van der Waals surface area contributed by atoms with Crippen molar-refractivity contribution in [2.24, 2.45) is 0 Å². The van der Waals surface area contributed by atoms with Crippen molar-refractivity contribution in [2.45, 2.75) is 39.7 Å². The number of hydrogen-bond donors (Lipinski definition) is 2. The fourth-order valence-corrected chi connectivity index (χ4v) is 1.76. The Kier molecular flexibility index (Phi) is 5.23. The molecule has 0 saturated heterocycles. The van der Waals surface area contributed by atoms with Crippen LogP contribution < -0.4 is 10.6 Å². The zero-order valence-electron chi connectivity index (χ0n) is 12.6. The van der Waals surface area contributed by atoms with Gasteiger partial charge in [0.15, 0.2) is 0 Å². The number of aryl methyl sites for hydroxylation is 1. The number of rotatable bonds is 5. The average molecular weight is 297 g/mol. The largest absolute Gasteiger partial charge is 0.379 e. The quantitative estimate of drug-likeness (QED) is 0.646. The molecule has 0 fully saturated rings. The van der Waals surface area contributed by atoms with E-state index in [1.807, 2.05) is 20.8 Å². The molecular weight excluding hydrogens is 277 g/mol. The van der Waals surface area contributed by atoms with Crippen LogP contribution in [0.5, 0.6) is 0 Å². The van der Waals surface area contributed by atoms with Crippen molar-refractivity contribution in [3.8, 4) is 0 Å². The Hall–Kier alpha value is -2.18. The van der Waals surface area contributed by atoms with E-state index in [2.05, 4.69) is 10.6 Å². The van der Waals surface area contributed by atoms with Crippen LogP contribution in [0.4, 0.5) is 15.8 Å². The third-order valence-corrected chi connectivity index (χ3v) is 2.66. The van der Waals surface area contributed by atoms with E-state index in [0.29, 0.717) is 5.56 Å². The molecule has 0 heterocycles. The fourth-order valence-electron chi connectivity index (χ4n) is 1.76. The van der Waals surface area contributed by atoms with Gasteiger partial charge in [0, 0.05) is 18.5 Å². The zero-order chi connectivity index (χ0) is 16.2. The monoisotopic (exact) mass is 297 g/mol. The molecule has 0 saturated carbocycles. The number of halogens is 1. The van der Waals surface area contributed by atoms with Crippen molar-refractivity contribution in [3.05, 3.63) is 33.6 Å². The summed E-state index contributed by atoms with van der Waals surface area (Å²) < 4.78 is 13.4. The molecule has 0 aliphatic heterocycles. The van der Waals surface area contributed by atoms with Gasteiger partial charge in [-0.3, -0.25) is 14.9 Å². The van der Waals surface area contributed by atoms with Gasteiger partial charge in [-0.1, -0.05) is 0 Å². The summed E-state index contributed by atoms with van der Waals surface area (Å²) in [5, 5.41) is 16.5. The summed E-state index contributed by atoms with van der Waals surface area (Å²) in [5.41, 5.74) is -0.144. The maximum atomic E-state index is 13.4. The fraction of sp³-hybridized carbons (Fsp3) is 0.500. The Labute approximate surface area is 122 Å². The van der Waals surface area contributed by atoms with Gasteiger partial charge in [-0.25, -0.2) is 4.39 Å². The van der Waals surface area contributed by atoms with Gasteiger partial charge in [-0.15, -0.1) is 0 Å². The lowest BCUT2D eigenvalue weighted by Gasteiger charge is -2.20. The molecule has 1 aromatic carbocycles. The second kappa shape index (κ2) is 6.51. The Morgan fingerprint density at radius 3 is 2.52 bits per heavy atom. The van der Waals surface area contributed by atoms with E-state index in [1.165, 1.54) is 13.0 Å². The third kappa shape index (κ3) is 5.37. The Morgan fingerprint density at radius 2 is 2.00 bits per heavy atom. The van der Waals surface area contributed by atoms with E-state index < -0.39 is 10.7 Å². The Balaban J connectivity index is 2.69. The molecule has 0 aromatic heterocycles. The summed E-state index contributed by atoms with van der Waals surface area (Å²) in [6, 6.07) is 2.25. The Morgan fingerprint density at radius 1 is 1.38 bits per heavy atom. The van der Waals surface area contributed by atoms with Crippen molar-refractivity contribution in [2.75, 3.05) is 11.9 Å². The number of nitrogens with one attached hydrogen (secondary N) is 2. The number of benzene rings is 1. The molecule has 1 amide bonds. The smallest absolute Gasteiger partial charge is 0.295 e. The molecule has 1 aromatic rings. The standard InChI is InChI=1S/C14H20FN3O3/c1-9-7-11(12(18(20)21)8-10(9)15)16-6-5-13(19)17-14(2,3)4/h7-8,16H,5-6H2,1-4H3,(H,17,19). The first-order valence-electron chi connectivity index (χ1n) is 6.59. The Bertz CT molecular complexity index is 553. The number of nitro groups is 1. The number of carbonyl (C=O) groups is 1. The van der Waals surface area contributed by atoms with Crippen LogP contribution in [-0.4, -0.2) is 22.9 Å². The third-order valence-electron chi connectivity index (χ3n) is 2.66. The van der Waals surface area contributed by atoms with Gasteiger partial charge in [0.25, 0.3) is 5.69 Å². The molecule has 21 heavy (non-hydrogen) atoms. The van der Waals surface area contributed by atoms with Gasteiger partial charge < -0.3 is 10.6 Å². The van der Waals surface area contributed by atoms with Crippen LogP contribution in [0.3, 0.4) is 0 Å². The highest BCUT2D eigenvalue weighted by atomic mass is 19.1. The number of nitrogens with zero attached hydrogens (tertiary/aromatic N) is 1. The number of anilines is 1. The van der Waals surface area contributed by atoms with Crippen molar-refractivity contribution >= 4 is 17.3 Å². The minimum Gasteiger partial charge on any atom is -0.379 e. The minimum absolute atomic E-state index is 0.156. The highest BCUT2D eigenvalue weighted by Crippen LogP contribution is 2.27. The van der Waals surface area contributed by atoms with Crippen molar-refractivity contribution < 1.29 is 14.1 Å². The molecule has 0 unspecified atom stereocenters. The molecule has 1 rings (SSSR count). The first kappa shape index (κ1) is 16.9. The van der Waals surface area contributed by atoms with Crippen molar-refractivity contribution in [1.29, 1.82) is 0 Å². The number of carbonyl (C=O) groups excluding carboxylic acids is 1. The molecule has 0 aliphatic carbocycles. The topological polar surface area (TPSA) is 84.3 Å². The SMILES string of the molecule is Cc1cc(NCCC(=O)NC(C)(C)C)c([N+](=O)[O-])cc1F. The summed E-state index contributed by atoms with van der Waals surface area (Å²) >= 11 is 0. The normalized spacial score (nSPS) is 11.1. The first-order chi connectivity index (χ1) is 9.60. The van der Waals surface area contributed by atoms with Crippen LogP contribution >= 0.6 is 0 Å². The molecule has 7 heteroatoms. The zero-order valence-corrected chi connectivity index (χ0v) is 12.6. The maximum Gasteiger partial charge on any atom is 0.295 e. The van der Waals surface area contributed by atoms with E-state index in [9.17, 15) is 19.3 Å². The molecule has 0 spiro atoms. The summed E-state index contributed by atoms with van der Waals surface area (Å²) in [6.07, 6.45) is 0.171. The first-order valence-corrected chi connectivity index (χ1v) is 6.59. The van der Waals surface area contributed by atoms with Crippen molar-refractivity contribution in [1.82, 2.24) is 5.32 Å². The molecule has 2 N–H and O–H groups in total. The van der Waals surface area contributed by atoms with E-state index in [4.69, 9.17) is 0 Å². The molecule has 0 atom stereocenters. The van der Waals surface area contributed by atoms with E-state index >= 15 is 0 Å². The van der Waals surface area contributed by atoms with Crippen LogP contribution in [0.1, 0.15) is 32.8 Å². The summed E-state index contributed by atoms with van der Waals surface area (Å²) in [5.74, 6) is -0.783.